The number of hydrogen-bond acceptors (Lipinski definition) is 6. The molecule has 1 amide bonds. The third kappa shape index (κ3) is 7.81. The maximum absolute atomic E-state index is 11.5. The van der Waals surface area contributed by atoms with E-state index in [1.807, 2.05) is 0 Å². The van der Waals surface area contributed by atoms with Gasteiger partial charge in [-0.3, -0.25) is 18.9 Å². The van der Waals surface area contributed by atoms with Crippen LogP contribution in [0.15, 0.2) is 0 Å². The van der Waals surface area contributed by atoms with Gasteiger partial charge in [0.2, 0.25) is 5.91 Å². The molecule has 20 heavy (non-hydrogen) atoms. The van der Waals surface area contributed by atoms with E-state index in [9.17, 15) is 23.8 Å². The number of carboxylic acids is 2. The smallest absolute Gasteiger partial charge is 0.403 e. The molecule has 8 N–H and O–H groups in total. The van der Waals surface area contributed by atoms with Crippen molar-refractivity contribution < 1.29 is 38.6 Å². The topological polar surface area (TPSA) is 202 Å². The predicted octanol–water partition coefficient (Wildman–Crippen LogP) is -2.18. The van der Waals surface area contributed by atoms with Crippen molar-refractivity contribution in [2.24, 2.45) is 11.5 Å². The van der Waals surface area contributed by atoms with Crippen LogP contribution >= 0.6 is 7.75 Å². The molecule has 0 rings (SSSR count). The predicted molar refractivity (Wildman–Crippen MR) is 64.4 cm³/mol. The van der Waals surface area contributed by atoms with Gasteiger partial charge in [0.25, 0.3) is 0 Å². The Bertz CT molecular complexity index is 428. The fraction of sp³-hybridized carbons (Fsp3) is 0.625. The minimum atomic E-state index is -4.58. The van der Waals surface area contributed by atoms with Gasteiger partial charge in [0, 0.05) is 6.42 Å². The summed E-state index contributed by atoms with van der Waals surface area (Å²) in [5.74, 6) is -3.72. The van der Waals surface area contributed by atoms with E-state index in [1.165, 1.54) is 0 Å². The van der Waals surface area contributed by atoms with E-state index >= 15 is 0 Å². The second-order valence-electron chi connectivity index (χ2n) is 3.79. The zero-order valence-corrected chi connectivity index (χ0v) is 11.2. The standard InChI is InChI=1S/C8H16N3O8P/c9-4(7(13)14)3-19-20(17,18)11-5(8(15)16)1-2-6(10)12/h4-5H,1-3,9H2,(H2,10,12)(H,13,14)(H,15,16)(H2,11,17,18)/t4-,5-/m0/s1. The van der Waals surface area contributed by atoms with Gasteiger partial charge in [0.05, 0.1) is 6.61 Å². The van der Waals surface area contributed by atoms with E-state index in [0.29, 0.717) is 0 Å². The van der Waals surface area contributed by atoms with Gasteiger partial charge in [0.1, 0.15) is 12.1 Å². The number of carboxylic acid groups (broad SMARTS) is 2. The number of nitrogens with two attached hydrogens (primary N) is 2. The van der Waals surface area contributed by atoms with Gasteiger partial charge in [-0.05, 0) is 6.42 Å². The molecule has 0 saturated carbocycles. The minimum absolute atomic E-state index is 0.321. The first-order valence-electron chi connectivity index (χ1n) is 5.30. The van der Waals surface area contributed by atoms with Gasteiger partial charge in [-0.1, -0.05) is 0 Å². The lowest BCUT2D eigenvalue weighted by molar-refractivity contribution is -0.140. The summed E-state index contributed by atoms with van der Waals surface area (Å²) >= 11 is 0. The van der Waals surface area contributed by atoms with E-state index in [-0.39, 0.29) is 12.8 Å². The molecule has 12 heteroatoms. The molecule has 0 aromatic carbocycles. The van der Waals surface area contributed by atoms with Gasteiger partial charge < -0.3 is 26.6 Å². The highest BCUT2D eigenvalue weighted by Crippen LogP contribution is 2.37. The number of hydrogen-bond donors (Lipinski definition) is 6. The molecular weight excluding hydrogens is 297 g/mol. The fourth-order valence-corrected chi connectivity index (χ4v) is 2.09. The Labute approximate surface area is 113 Å². The monoisotopic (exact) mass is 313 g/mol. The summed E-state index contributed by atoms with van der Waals surface area (Å²) < 4.78 is 15.8. The molecular formula is C8H16N3O8P. The van der Waals surface area contributed by atoms with Crippen molar-refractivity contribution in [2.75, 3.05) is 6.61 Å². The molecule has 0 spiro atoms. The zero-order chi connectivity index (χ0) is 15.9. The Morgan fingerprint density at radius 3 is 2.20 bits per heavy atom. The summed E-state index contributed by atoms with van der Waals surface area (Å²) in [5.41, 5.74) is 9.88. The summed E-state index contributed by atoms with van der Waals surface area (Å²) in [5, 5.41) is 19.0. The number of carbonyl (C=O) groups is 3. The van der Waals surface area contributed by atoms with Crippen LogP contribution in [0.3, 0.4) is 0 Å². The van der Waals surface area contributed by atoms with Crippen molar-refractivity contribution in [3.8, 4) is 0 Å². The molecule has 1 unspecified atom stereocenters. The molecule has 0 aromatic heterocycles. The second-order valence-corrected chi connectivity index (χ2v) is 5.34. The van der Waals surface area contributed by atoms with Crippen molar-refractivity contribution in [1.29, 1.82) is 0 Å². The summed E-state index contributed by atoms with van der Waals surface area (Å²) in [6.45, 7) is -0.793. The highest BCUT2D eigenvalue weighted by atomic mass is 31.2. The third-order valence-electron chi connectivity index (χ3n) is 2.04. The zero-order valence-electron chi connectivity index (χ0n) is 10.3. The van der Waals surface area contributed by atoms with Crippen LogP contribution in [0, 0.1) is 0 Å². The Hall–Kier alpha value is -1.52. The van der Waals surface area contributed by atoms with E-state index in [1.54, 1.807) is 5.09 Å². The van der Waals surface area contributed by atoms with Crippen LogP contribution in [0.1, 0.15) is 12.8 Å². The maximum atomic E-state index is 11.5. The summed E-state index contributed by atoms with van der Waals surface area (Å²) in [6, 6.07) is -3.09. The fourth-order valence-electron chi connectivity index (χ4n) is 1.02. The van der Waals surface area contributed by atoms with Crippen molar-refractivity contribution in [2.45, 2.75) is 24.9 Å². The van der Waals surface area contributed by atoms with Crippen LogP contribution in [0.5, 0.6) is 0 Å². The largest absolute Gasteiger partial charge is 0.480 e. The molecule has 0 radical (unpaired) electrons. The minimum Gasteiger partial charge on any atom is -0.480 e. The van der Waals surface area contributed by atoms with Crippen LogP contribution in [0.4, 0.5) is 0 Å². The third-order valence-corrected chi connectivity index (χ3v) is 3.18. The highest BCUT2D eigenvalue weighted by Gasteiger charge is 2.30. The number of aliphatic carboxylic acids is 2. The number of carbonyl (C=O) groups excluding carboxylic acids is 1. The van der Waals surface area contributed by atoms with Crippen LogP contribution in [0.2, 0.25) is 0 Å². The van der Waals surface area contributed by atoms with Crippen molar-refractivity contribution in [3.63, 3.8) is 0 Å². The first-order valence-corrected chi connectivity index (χ1v) is 6.87. The Kier molecular flexibility index (Phi) is 7.32. The number of amides is 1. The molecule has 0 aromatic rings. The van der Waals surface area contributed by atoms with Crippen LogP contribution in [0.25, 0.3) is 0 Å². The van der Waals surface area contributed by atoms with Gasteiger partial charge in [-0.15, -0.1) is 0 Å². The number of nitrogens with one attached hydrogen (secondary N) is 1. The van der Waals surface area contributed by atoms with Crippen LogP contribution < -0.4 is 16.6 Å². The molecule has 0 aliphatic heterocycles. The Morgan fingerprint density at radius 1 is 1.25 bits per heavy atom. The molecule has 0 saturated heterocycles. The van der Waals surface area contributed by atoms with Crippen molar-refractivity contribution in [1.82, 2.24) is 5.09 Å². The highest BCUT2D eigenvalue weighted by molar-refractivity contribution is 7.50. The van der Waals surface area contributed by atoms with Crippen molar-refractivity contribution >= 4 is 25.6 Å². The van der Waals surface area contributed by atoms with E-state index < -0.39 is 44.3 Å². The van der Waals surface area contributed by atoms with E-state index in [4.69, 9.17) is 21.7 Å². The maximum Gasteiger partial charge on any atom is 0.403 e. The molecule has 11 nitrogen and oxygen atoms in total. The average molecular weight is 313 g/mol. The number of rotatable bonds is 10. The first-order chi connectivity index (χ1) is 9.05. The lowest BCUT2D eigenvalue weighted by Crippen LogP contribution is -2.38. The lowest BCUT2D eigenvalue weighted by Gasteiger charge is -2.19. The Morgan fingerprint density at radius 2 is 1.80 bits per heavy atom. The molecule has 0 heterocycles. The molecule has 0 aliphatic carbocycles. The Balaban J connectivity index is 4.51. The second kappa shape index (κ2) is 7.92. The molecule has 0 aliphatic rings. The van der Waals surface area contributed by atoms with Gasteiger partial charge in [-0.2, -0.15) is 0 Å². The van der Waals surface area contributed by atoms with E-state index in [0.717, 1.165) is 0 Å². The quantitative estimate of drug-likeness (QED) is 0.241. The first kappa shape index (κ1) is 18.5. The molecule has 0 fully saturated rings. The van der Waals surface area contributed by atoms with E-state index in [2.05, 4.69) is 4.52 Å². The van der Waals surface area contributed by atoms with Gasteiger partial charge in [0.15, 0.2) is 0 Å². The van der Waals surface area contributed by atoms with Crippen LogP contribution in [-0.2, 0) is 23.5 Å². The summed E-state index contributed by atoms with van der Waals surface area (Å²) in [6.07, 6.45) is -0.651. The molecule has 0 bridgehead atoms. The van der Waals surface area contributed by atoms with Crippen molar-refractivity contribution in [3.05, 3.63) is 0 Å². The average Bonchev–Trinajstić information content (AvgIpc) is 2.30. The molecule has 116 valence electrons. The van der Waals surface area contributed by atoms with Crippen LogP contribution in [-0.4, -0.2) is 51.6 Å². The molecule has 3 atom stereocenters. The normalized spacial score (nSPS) is 16.9. The number of primary amides is 1. The van der Waals surface area contributed by atoms with Gasteiger partial charge in [-0.25, -0.2) is 9.65 Å². The summed E-state index contributed by atoms with van der Waals surface area (Å²) in [4.78, 5) is 41.1. The van der Waals surface area contributed by atoms with Gasteiger partial charge >= 0.3 is 19.7 Å². The SMILES string of the molecule is NC(=O)CC[C@H](NP(=O)(O)OC[C@H](N)C(=O)O)C(=O)O. The lowest BCUT2D eigenvalue weighted by atomic mass is 10.2. The summed E-state index contributed by atoms with van der Waals surface area (Å²) in [7, 11) is -4.58.